The van der Waals surface area contributed by atoms with E-state index in [4.69, 9.17) is 9.47 Å². The minimum Gasteiger partial charge on any atom is -0.493 e. The lowest BCUT2D eigenvalue weighted by Crippen LogP contribution is -2.41. The second-order valence-electron chi connectivity index (χ2n) is 7.78. The molecule has 166 valence electrons. The molecule has 3 N–H and O–H groups in total. The summed E-state index contributed by atoms with van der Waals surface area (Å²) in [6.07, 6.45) is 5.51. The third-order valence-corrected chi connectivity index (χ3v) is 5.31. The van der Waals surface area contributed by atoms with E-state index in [-0.39, 0.29) is 12.7 Å². The number of hydrogen-bond donors (Lipinski definition) is 3. The van der Waals surface area contributed by atoms with Crippen molar-refractivity contribution in [3.63, 3.8) is 0 Å². The molecule has 1 saturated heterocycles. The van der Waals surface area contributed by atoms with Crippen LogP contribution in [0.2, 0.25) is 0 Å². The van der Waals surface area contributed by atoms with Crippen LogP contribution in [0, 0.1) is 0 Å². The number of piperidine rings is 1. The van der Waals surface area contributed by atoms with Crippen LogP contribution in [0.3, 0.4) is 0 Å². The summed E-state index contributed by atoms with van der Waals surface area (Å²) in [7, 11) is 1.62. The van der Waals surface area contributed by atoms with E-state index >= 15 is 0 Å². The average molecular weight is 419 g/mol. The van der Waals surface area contributed by atoms with Crippen LogP contribution in [0.4, 0.5) is 0 Å². The molecule has 3 rings (SSSR count). The van der Waals surface area contributed by atoms with Gasteiger partial charge in [-0.25, -0.2) is 0 Å². The predicted molar refractivity (Wildman–Crippen MR) is 115 cm³/mol. The number of nitrogens with one attached hydrogen (secondary N) is 1. The molecular weight excluding hydrogens is 384 g/mol. The first kappa shape index (κ1) is 22.6. The van der Waals surface area contributed by atoms with Gasteiger partial charge in [0.2, 0.25) is 0 Å². The number of likely N-dealkylation sites (tertiary alicyclic amines) is 1. The van der Waals surface area contributed by atoms with Gasteiger partial charge in [-0.3, -0.25) is 4.68 Å². The number of aryl methyl sites for hydroxylation is 1. The number of methoxy groups -OCH3 is 1. The van der Waals surface area contributed by atoms with Crippen molar-refractivity contribution < 1.29 is 19.7 Å². The van der Waals surface area contributed by atoms with E-state index in [2.05, 4.69) is 15.3 Å². The third kappa shape index (κ3) is 7.28. The Morgan fingerprint density at radius 2 is 2.10 bits per heavy atom. The molecule has 1 aromatic carbocycles. The second-order valence-corrected chi connectivity index (χ2v) is 7.78. The van der Waals surface area contributed by atoms with Crippen molar-refractivity contribution in [2.24, 2.45) is 0 Å². The Bertz CT molecular complexity index is 733. The number of aliphatic hydroxyl groups is 2. The predicted octanol–water partition coefficient (Wildman–Crippen LogP) is 1.27. The van der Waals surface area contributed by atoms with E-state index in [1.165, 1.54) is 0 Å². The first-order valence-corrected chi connectivity index (χ1v) is 10.7. The molecule has 0 saturated carbocycles. The smallest absolute Gasteiger partial charge is 0.161 e. The summed E-state index contributed by atoms with van der Waals surface area (Å²) >= 11 is 0. The van der Waals surface area contributed by atoms with Crippen molar-refractivity contribution in [3.05, 3.63) is 42.2 Å². The van der Waals surface area contributed by atoms with Crippen LogP contribution in [-0.4, -0.2) is 77.0 Å². The van der Waals surface area contributed by atoms with Gasteiger partial charge in [-0.1, -0.05) is 6.07 Å². The van der Waals surface area contributed by atoms with Crippen LogP contribution in [-0.2, 0) is 13.1 Å². The Balaban J connectivity index is 1.38. The number of aromatic nitrogens is 2. The molecule has 0 bridgehead atoms. The summed E-state index contributed by atoms with van der Waals surface area (Å²) < 4.78 is 13.2. The van der Waals surface area contributed by atoms with Gasteiger partial charge < -0.3 is 29.9 Å². The quantitative estimate of drug-likeness (QED) is 0.447. The molecule has 2 aromatic rings. The van der Waals surface area contributed by atoms with Crippen molar-refractivity contribution in [1.82, 2.24) is 20.0 Å². The third-order valence-electron chi connectivity index (χ3n) is 5.31. The maximum absolute atomic E-state index is 10.3. The minimum absolute atomic E-state index is 0.205. The van der Waals surface area contributed by atoms with Crippen LogP contribution >= 0.6 is 0 Å². The van der Waals surface area contributed by atoms with Gasteiger partial charge >= 0.3 is 0 Å². The highest BCUT2D eigenvalue weighted by molar-refractivity contribution is 5.43. The summed E-state index contributed by atoms with van der Waals surface area (Å²) in [5.41, 5.74) is 1.12. The Labute approximate surface area is 178 Å². The van der Waals surface area contributed by atoms with Crippen molar-refractivity contribution in [3.8, 4) is 11.5 Å². The molecule has 30 heavy (non-hydrogen) atoms. The Morgan fingerprint density at radius 3 is 2.83 bits per heavy atom. The number of nitrogens with zero attached hydrogens (tertiary/aromatic N) is 3. The van der Waals surface area contributed by atoms with Crippen LogP contribution in [0.15, 0.2) is 36.7 Å². The van der Waals surface area contributed by atoms with E-state index in [9.17, 15) is 10.2 Å². The first-order valence-electron chi connectivity index (χ1n) is 10.7. The van der Waals surface area contributed by atoms with Crippen molar-refractivity contribution in [2.75, 3.05) is 39.9 Å². The second kappa shape index (κ2) is 11.9. The van der Waals surface area contributed by atoms with E-state index in [0.29, 0.717) is 18.0 Å². The van der Waals surface area contributed by atoms with Gasteiger partial charge in [-0.15, -0.1) is 0 Å². The van der Waals surface area contributed by atoms with Gasteiger partial charge in [0.1, 0.15) is 12.7 Å². The van der Waals surface area contributed by atoms with Crippen molar-refractivity contribution in [2.45, 2.75) is 44.6 Å². The number of rotatable bonds is 12. The number of β-amino-alcohol motifs (C(OH)–C–C–N with tert-alkyl or cyclic N) is 1. The molecule has 8 nitrogen and oxygen atoms in total. The molecule has 1 aliphatic heterocycles. The van der Waals surface area contributed by atoms with Gasteiger partial charge in [0, 0.05) is 45.1 Å². The van der Waals surface area contributed by atoms with Crippen LogP contribution in [0.25, 0.3) is 0 Å². The Kier molecular flexibility index (Phi) is 8.95. The van der Waals surface area contributed by atoms with Crippen LogP contribution in [0.5, 0.6) is 11.5 Å². The fraction of sp³-hybridized carbons (Fsp3) is 0.591. The average Bonchev–Trinajstić information content (AvgIpc) is 3.27. The summed E-state index contributed by atoms with van der Waals surface area (Å²) in [5.74, 6) is 1.30. The van der Waals surface area contributed by atoms with E-state index in [1.807, 2.05) is 35.1 Å². The topological polar surface area (TPSA) is 92.0 Å². The molecule has 0 radical (unpaired) electrons. The van der Waals surface area contributed by atoms with E-state index in [1.54, 1.807) is 13.3 Å². The van der Waals surface area contributed by atoms with E-state index in [0.717, 1.165) is 57.5 Å². The lowest BCUT2D eigenvalue weighted by molar-refractivity contribution is 0.0333. The van der Waals surface area contributed by atoms with Crippen LogP contribution in [0.1, 0.15) is 24.8 Å². The van der Waals surface area contributed by atoms with Gasteiger partial charge in [0.15, 0.2) is 11.5 Å². The Hall–Kier alpha value is -2.13. The molecular formula is C22H34N4O4. The van der Waals surface area contributed by atoms with Crippen LogP contribution < -0.4 is 14.8 Å². The van der Waals surface area contributed by atoms with Gasteiger partial charge in [0.25, 0.3) is 0 Å². The minimum atomic E-state index is -0.582. The monoisotopic (exact) mass is 418 g/mol. The normalized spacial score (nSPS) is 16.5. The molecule has 8 heteroatoms. The zero-order valence-corrected chi connectivity index (χ0v) is 17.7. The zero-order chi connectivity index (χ0) is 21.2. The molecule has 0 unspecified atom stereocenters. The summed E-state index contributed by atoms with van der Waals surface area (Å²) in [6.45, 7) is 4.93. The fourth-order valence-corrected chi connectivity index (χ4v) is 3.61. The maximum atomic E-state index is 10.3. The standard InChI is InChI=1S/C22H34N4O4/c1-29-22-14-18(15-23-8-2-10-26-11-3-9-24-26)4-5-21(22)30-17-20(28)16-25-12-6-19(27)7-13-25/h3-5,9,11,14,19-20,23,27-28H,2,6-8,10,12-13,15-17H2,1H3/t20-/m1/s1. The van der Waals surface area contributed by atoms with Gasteiger partial charge in [0.05, 0.1) is 13.2 Å². The molecule has 1 aromatic heterocycles. The number of hydrogen-bond acceptors (Lipinski definition) is 7. The molecule has 0 amide bonds. The zero-order valence-electron chi connectivity index (χ0n) is 17.7. The lowest BCUT2D eigenvalue weighted by Gasteiger charge is -2.30. The molecule has 0 aliphatic carbocycles. The number of ether oxygens (including phenoxy) is 2. The molecule has 1 atom stereocenters. The summed E-state index contributed by atoms with van der Waals surface area (Å²) in [4.78, 5) is 2.17. The fourth-order valence-electron chi connectivity index (χ4n) is 3.61. The van der Waals surface area contributed by atoms with Crippen molar-refractivity contribution >= 4 is 0 Å². The number of aliphatic hydroxyl groups excluding tert-OH is 2. The van der Waals surface area contributed by atoms with Gasteiger partial charge in [-0.2, -0.15) is 5.10 Å². The lowest BCUT2D eigenvalue weighted by atomic mass is 10.1. The number of benzene rings is 1. The first-order chi connectivity index (χ1) is 14.6. The van der Waals surface area contributed by atoms with Crippen molar-refractivity contribution in [1.29, 1.82) is 0 Å². The van der Waals surface area contributed by atoms with E-state index < -0.39 is 6.10 Å². The summed E-state index contributed by atoms with van der Waals surface area (Å²) in [6, 6.07) is 7.80. The van der Waals surface area contributed by atoms with Gasteiger partial charge in [-0.05, 0) is 49.6 Å². The maximum Gasteiger partial charge on any atom is 0.161 e. The SMILES string of the molecule is COc1cc(CNCCCn2cccn2)ccc1OC[C@H](O)CN1CCC(O)CC1. The highest BCUT2D eigenvalue weighted by Crippen LogP contribution is 2.28. The molecule has 0 spiro atoms. The molecule has 1 aliphatic rings. The molecule has 1 fully saturated rings. The highest BCUT2D eigenvalue weighted by atomic mass is 16.5. The molecule has 2 heterocycles. The Morgan fingerprint density at radius 1 is 1.27 bits per heavy atom. The highest BCUT2D eigenvalue weighted by Gasteiger charge is 2.20. The largest absolute Gasteiger partial charge is 0.493 e. The summed E-state index contributed by atoms with van der Waals surface area (Å²) in [5, 5.41) is 27.5.